The number of hydrogen-bond donors (Lipinski definition) is 2. The molecule has 0 radical (unpaired) electrons. The van der Waals surface area contributed by atoms with Crippen LogP contribution in [0.15, 0.2) is 63.4 Å². The van der Waals surface area contributed by atoms with Crippen molar-refractivity contribution >= 4 is 24.8 Å². The molecule has 2 N–H and O–H groups in total. The van der Waals surface area contributed by atoms with E-state index in [1.165, 1.54) is 13.8 Å². The second kappa shape index (κ2) is 12.7. The fourth-order valence-corrected chi connectivity index (χ4v) is 4.28. The first kappa shape index (κ1) is 27.4. The van der Waals surface area contributed by atoms with Crippen LogP contribution in [-0.2, 0) is 59.1 Å². The van der Waals surface area contributed by atoms with Gasteiger partial charge in [-0.3, -0.25) is 13.6 Å². The summed E-state index contributed by atoms with van der Waals surface area (Å²) in [6.07, 6.45) is -2.50. The molecule has 36 heavy (non-hydrogen) atoms. The highest BCUT2D eigenvalue weighted by molar-refractivity contribution is 7.62. The lowest BCUT2D eigenvalue weighted by Crippen LogP contribution is -2.18. The van der Waals surface area contributed by atoms with Gasteiger partial charge in [0.25, 0.3) is 0 Å². The molecule has 0 aliphatic carbocycles. The second-order valence-electron chi connectivity index (χ2n) is 7.68. The quantitative estimate of drug-likeness (QED) is 0.251. The summed E-state index contributed by atoms with van der Waals surface area (Å²) >= 11 is 0. The predicted molar refractivity (Wildman–Crippen MR) is 124 cm³/mol. The van der Waals surface area contributed by atoms with Crippen LogP contribution >= 0.6 is 7.60 Å². The predicted octanol–water partition coefficient (Wildman–Crippen LogP) is 2.97. The zero-order valence-electron chi connectivity index (χ0n) is 19.7. The molecule has 3 aromatic rings. The summed E-state index contributed by atoms with van der Waals surface area (Å²) in [5.74, 6) is -0.298. The number of esters is 2. The number of aliphatic hydroxyl groups is 2. The van der Waals surface area contributed by atoms with Crippen molar-refractivity contribution in [2.24, 2.45) is 0 Å². The van der Waals surface area contributed by atoms with Crippen molar-refractivity contribution in [3.05, 3.63) is 77.6 Å². The van der Waals surface area contributed by atoms with Crippen LogP contribution in [0.4, 0.5) is 0 Å². The zero-order valence-corrected chi connectivity index (χ0v) is 20.6. The zero-order chi connectivity index (χ0) is 26.1. The van der Waals surface area contributed by atoms with Crippen LogP contribution in [0.2, 0.25) is 0 Å². The minimum absolute atomic E-state index is 0.177. The molecule has 2 atom stereocenters. The third-order valence-corrected chi connectivity index (χ3v) is 6.52. The Morgan fingerprint density at radius 2 is 1.11 bits per heavy atom. The van der Waals surface area contributed by atoms with Gasteiger partial charge in [0.05, 0.1) is 5.30 Å². The Labute approximate surface area is 207 Å². The summed E-state index contributed by atoms with van der Waals surface area (Å²) < 4.78 is 45.8. The molecule has 0 saturated heterocycles. The molecule has 0 aliphatic rings. The van der Waals surface area contributed by atoms with Crippen LogP contribution in [-0.4, -0.2) is 34.4 Å². The maximum Gasteiger partial charge on any atom is 0.362 e. The molecule has 0 amide bonds. The van der Waals surface area contributed by atoms with Gasteiger partial charge in [0.1, 0.15) is 61.7 Å². The first-order chi connectivity index (χ1) is 17.2. The number of aliphatic hydroxyl groups excluding tert-OH is 2. The Morgan fingerprint density at radius 1 is 0.722 bits per heavy atom. The Kier molecular flexibility index (Phi) is 9.63. The monoisotopic (exact) mass is 522 g/mol. The average molecular weight is 522 g/mol. The third kappa shape index (κ3) is 7.91. The van der Waals surface area contributed by atoms with Gasteiger partial charge < -0.3 is 28.5 Å². The van der Waals surface area contributed by atoms with Crippen molar-refractivity contribution in [1.82, 2.24) is 0 Å². The molecular weight excluding hydrogens is 495 g/mol. The molecule has 12 heteroatoms. The highest BCUT2D eigenvalue weighted by Gasteiger charge is 2.29. The van der Waals surface area contributed by atoms with E-state index in [9.17, 15) is 24.4 Å². The maximum atomic E-state index is 13.6. The van der Waals surface area contributed by atoms with Gasteiger partial charge in [0, 0.05) is 0 Å². The van der Waals surface area contributed by atoms with Gasteiger partial charge in [-0.2, -0.15) is 0 Å². The molecule has 2 unspecified atom stereocenters. The van der Waals surface area contributed by atoms with E-state index in [2.05, 4.69) is 0 Å². The summed E-state index contributed by atoms with van der Waals surface area (Å²) in [5, 5.41) is 18.7. The Balaban J connectivity index is 1.62. The SMILES string of the molecule is CC(O)C(=O)OCc1ccc(COP(=O)(OCc2ccc(COC(=O)C(C)O)o2)c2ccccc2)o1. The van der Waals surface area contributed by atoms with E-state index in [0.29, 0.717) is 28.3 Å². The maximum absolute atomic E-state index is 13.6. The van der Waals surface area contributed by atoms with E-state index >= 15 is 0 Å². The highest BCUT2D eigenvalue weighted by atomic mass is 31.2. The van der Waals surface area contributed by atoms with Gasteiger partial charge in [-0.1, -0.05) is 18.2 Å². The lowest BCUT2D eigenvalue weighted by molar-refractivity contribution is -0.155. The van der Waals surface area contributed by atoms with Crippen molar-refractivity contribution in [1.29, 1.82) is 0 Å². The Hall–Kier alpha value is -3.21. The molecule has 2 heterocycles. The molecule has 0 fully saturated rings. The minimum Gasteiger partial charge on any atom is -0.460 e. The summed E-state index contributed by atoms with van der Waals surface area (Å²) in [7, 11) is -3.83. The van der Waals surface area contributed by atoms with E-state index in [4.69, 9.17) is 27.4 Å². The lowest BCUT2D eigenvalue weighted by Gasteiger charge is -2.17. The molecule has 194 valence electrons. The topological polar surface area (TPSA) is 155 Å². The first-order valence-electron chi connectivity index (χ1n) is 11.0. The highest BCUT2D eigenvalue weighted by Crippen LogP contribution is 2.48. The van der Waals surface area contributed by atoms with Crippen molar-refractivity contribution in [3.8, 4) is 0 Å². The number of hydrogen-bond acceptors (Lipinski definition) is 11. The molecule has 1 aromatic carbocycles. The van der Waals surface area contributed by atoms with Crippen molar-refractivity contribution in [3.63, 3.8) is 0 Å². The minimum atomic E-state index is -3.83. The number of rotatable bonds is 13. The molecule has 11 nitrogen and oxygen atoms in total. The molecule has 0 bridgehead atoms. The molecular formula is C24H27O11P. The van der Waals surface area contributed by atoms with E-state index < -0.39 is 31.7 Å². The van der Waals surface area contributed by atoms with Crippen LogP contribution in [0, 0.1) is 0 Å². The van der Waals surface area contributed by atoms with Crippen LogP contribution in [0.1, 0.15) is 36.9 Å². The largest absolute Gasteiger partial charge is 0.460 e. The van der Waals surface area contributed by atoms with Gasteiger partial charge in [-0.25, -0.2) is 9.59 Å². The lowest BCUT2D eigenvalue weighted by atomic mass is 10.4. The number of furan rings is 2. The van der Waals surface area contributed by atoms with Gasteiger partial charge >= 0.3 is 19.5 Å². The van der Waals surface area contributed by atoms with Crippen LogP contribution in [0.5, 0.6) is 0 Å². The molecule has 2 aromatic heterocycles. The van der Waals surface area contributed by atoms with Crippen LogP contribution in [0.25, 0.3) is 0 Å². The normalized spacial score (nSPS) is 14.6. The van der Waals surface area contributed by atoms with Crippen LogP contribution < -0.4 is 5.30 Å². The number of carbonyl (C=O) groups is 2. The average Bonchev–Trinajstić information content (AvgIpc) is 3.53. The van der Waals surface area contributed by atoms with E-state index in [0.717, 1.165) is 0 Å². The summed E-state index contributed by atoms with van der Waals surface area (Å²) in [6, 6.07) is 14.6. The molecule has 0 aliphatic heterocycles. The number of ether oxygens (including phenoxy) is 2. The van der Waals surface area contributed by atoms with Crippen molar-refractivity contribution in [2.45, 2.75) is 52.5 Å². The third-order valence-electron chi connectivity index (χ3n) is 4.66. The summed E-state index contributed by atoms with van der Waals surface area (Å²) in [4.78, 5) is 22.8. The van der Waals surface area contributed by atoms with Gasteiger partial charge in [0.2, 0.25) is 0 Å². The van der Waals surface area contributed by atoms with Crippen LogP contribution in [0.3, 0.4) is 0 Å². The fraction of sp³-hybridized carbons (Fsp3) is 0.333. The summed E-state index contributed by atoms with van der Waals surface area (Å²) in [6.45, 7) is 1.83. The molecule has 0 saturated carbocycles. The molecule has 3 rings (SSSR count). The smallest absolute Gasteiger partial charge is 0.362 e. The van der Waals surface area contributed by atoms with Gasteiger partial charge in [-0.15, -0.1) is 0 Å². The van der Waals surface area contributed by atoms with Gasteiger partial charge in [-0.05, 0) is 50.2 Å². The second-order valence-corrected chi connectivity index (χ2v) is 9.71. The summed E-state index contributed by atoms with van der Waals surface area (Å²) in [5.41, 5.74) is 0. The Bertz CT molecular complexity index is 1110. The number of benzene rings is 1. The van der Waals surface area contributed by atoms with E-state index in [1.54, 1.807) is 54.6 Å². The van der Waals surface area contributed by atoms with E-state index in [1.807, 2.05) is 0 Å². The van der Waals surface area contributed by atoms with Gasteiger partial charge in [0.15, 0.2) is 0 Å². The Morgan fingerprint density at radius 3 is 1.50 bits per heavy atom. The number of carbonyl (C=O) groups excluding carboxylic acids is 2. The van der Waals surface area contributed by atoms with Crippen molar-refractivity contribution < 1.29 is 51.7 Å². The standard InChI is InChI=1S/C24H27O11P/c1-16(25)23(27)30-12-18-8-10-20(34-18)14-32-36(29,22-6-4-3-5-7-22)33-15-21-11-9-19(35-21)13-31-24(28)17(2)26/h3-11,16-17,25-26H,12-15H2,1-2H3. The van der Waals surface area contributed by atoms with E-state index in [-0.39, 0.29) is 26.4 Å². The first-order valence-corrected chi connectivity index (χ1v) is 12.5. The fourth-order valence-electron chi connectivity index (χ4n) is 2.77. The molecule has 0 spiro atoms. The van der Waals surface area contributed by atoms with Crippen molar-refractivity contribution in [2.75, 3.05) is 0 Å².